The molecule has 0 radical (unpaired) electrons. The van der Waals surface area contributed by atoms with Crippen LogP contribution < -0.4 is 10.9 Å². The molecule has 1 saturated carbocycles. The minimum Gasteiger partial charge on any atom is -0.455 e. The first-order chi connectivity index (χ1) is 13.3. The second kappa shape index (κ2) is 9.09. The van der Waals surface area contributed by atoms with E-state index in [9.17, 15) is 14.4 Å². The summed E-state index contributed by atoms with van der Waals surface area (Å²) in [5.41, 5.74) is 0.807. The summed E-state index contributed by atoms with van der Waals surface area (Å²) in [6.45, 7) is 5.35. The van der Waals surface area contributed by atoms with Crippen molar-refractivity contribution in [3.05, 3.63) is 26.6 Å². The van der Waals surface area contributed by atoms with Gasteiger partial charge in [0.2, 0.25) is 0 Å². The molecule has 152 valence electrons. The number of nitrogens with zero attached hydrogens (tertiary/aromatic N) is 1. The van der Waals surface area contributed by atoms with Gasteiger partial charge >= 0.3 is 5.97 Å². The van der Waals surface area contributed by atoms with Crippen molar-refractivity contribution >= 4 is 45.2 Å². The smallest absolute Gasteiger partial charge is 0.319 e. The summed E-state index contributed by atoms with van der Waals surface area (Å²) < 4.78 is 5.12. The van der Waals surface area contributed by atoms with E-state index in [0.29, 0.717) is 21.8 Å². The summed E-state index contributed by atoms with van der Waals surface area (Å²) in [7, 11) is 0. The number of rotatable bonds is 7. The minimum atomic E-state index is -0.466. The molecule has 1 aliphatic rings. The Bertz CT molecular complexity index is 931. The van der Waals surface area contributed by atoms with Gasteiger partial charge in [-0.3, -0.25) is 14.4 Å². The number of fused-ring (bicyclic) bond motifs is 1. The maximum atomic E-state index is 12.3. The van der Waals surface area contributed by atoms with Crippen molar-refractivity contribution in [2.75, 3.05) is 6.61 Å². The molecule has 0 bridgehead atoms. The first-order valence-electron chi connectivity index (χ1n) is 9.41. The Labute approximate surface area is 171 Å². The lowest BCUT2D eigenvalue weighted by atomic mass is 10.2. The average molecular weight is 424 g/mol. The summed E-state index contributed by atoms with van der Waals surface area (Å²) in [5.74, 6) is 0.212. The lowest BCUT2D eigenvalue weighted by Crippen LogP contribution is -2.36. The number of carbonyl (C=O) groups excluding carboxylic acids is 2. The van der Waals surface area contributed by atoms with Crippen molar-refractivity contribution in [2.24, 2.45) is 0 Å². The molecule has 7 nitrogen and oxygen atoms in total. The minimum absolute atomic E-state index is 0.152. The summed E-state index contributed by atoms with van der Waals surface area (Å²) in [4.78, 5) is 45.4. The van der Waals surface area contributed by atoms with E-state index in [1.165, 1.54) is 23.1 Å². The third-order valence-corrected chi connectivity index (χ3v) is 7.19. The fraction of sp³-hybridized carbons (Fsp3) is 0.579. The second-order valence-corrected chi connectivity index (χ2v) is 9.62. The highest BCUT2D eigenvalue weighted by Crippen LogP contribution is 2.26. The quantitative estimate of drug-likeness (QED) is 0.664. The van der Waals surface area contributed by atoms with E-state index in [-0.39, 0.29) is 24.1 Å². The van der Waals surface area contributed by atoms with Gasteiger partial charge in [-0.1, -0.05) is 12.8 Å². The number of nitrogens with one attached hydrogen (secondary N) is 2. The zero-order valence-corrected chi connectivity index (χ0v) is 17.9. The third kappa shape index (κ3) is 4.94. The molecule has 1 aliphatic carbocycles. The van der Waals surface area contributed by atoms with Crippen molar-refractivity contribution in [3.8, 4) is 0 Å². The molecular formula is C19H25N3O4S2. The summed E-state index contributed by atoms with van der Waals surface area (Å²) in [5, 5.41) is 3.06. The zero-order valence-electron chi connectivity index (χ0n) is 16.3. The molecule has 0 aromatic carbocycles. The number of carbonyl (C=O) groups is 2. The van der Waals surface area contributed by atoms with Crippen molar-refractivity contribution in [1.82, 2.24) is 15.3 Å². The van der Waals surface area contributed by atoms with Gasteiger partial charge in [-0.15, -0.1) is 23.1 Å². The van der Waals surface area contributed by atoms with Gasteiger partial charge in [0.15, 0.2) is 6.61 Å². The van der Waals surface area contributed by atoms with Crippen molar-refractivity contribution in [1.29, 1.82) is 0 Å². The number of esters is 1. The van der Waals surface area contributed by atoms with Crippen molar-refractivity contribution in [2.45, 2.75) is 63.5 Å². The first-order valence-corrected chi connectivity index (χ1v) is 11.3. The Morgan fingerprint density at radius 3 is 2.79 bits per heavy atom. The average Bonchev–Trinajstić information content (AvgIpc) is 3.25. The van der Waals surface area contributed by atoms with Crippen LogP contribution in [0.4, 0.5) is 0 Å². The van der Waals surface area contributed by atoms with Gasteiger partial charge in [0.25, 0.3) is 11.5 Å². The summed E-state index contributed by atoms with van der Waals surface area (Å²) >= 11 is 2.81. The summed E-state index contributed by atoms with van der Waals surface area (Å²) in [6, 6.07) is 0.209. The maximum absolute atomic E-state index is 12.3. The number of H-pyrrole nitrogens is 1. The third-order valence-electron chi connectivity index (χ3n) is 4.96. The van der Waals surface area contributed by atoms with Gasteiger partial charge in [-0.05, 0) is 39.2 Å². The van der Waals surface area contributed by atoms with Crippen LogP contribution in [0.2, 0.25) is 0 Å². The Balaban J connectivity index is 1.49. The number of aromatic nitrogens is 2. The fourth-order valence-corrected chi connectivity index (χ4v) is 5.03. The number of hydrogen-bond acceptors (Lipinski definition) is 7. The molecule has 28 heavy (non-hydrogen) atoms. The molecule has 3 rings (SSSR count). The molecule has 0 aliphatic heterocycles. The van der Waals surface area contributed by atoms with Gasteiger partial charge in [0.05, 0.1) is 11.1 Å². The molecule has 2 aromatic heterocycles. The van der Waals surface area contributed by atoms with E-state index in [1.807, 2.05) is 13.8 Å². The number of aryl methyl sites for hydroxylation is 2. The molecule has 2 heterocycles. The lowest BCUT2D eigenvalue weighted by molar-refractivity contribution is -0.147. The van der Waals surface area contributed by atoms with E-state index >= 15 is 0 Å². The topological polar surface area (TPSA) is 101 Å². The predicted octanol–water partition coefficient (Wildman–Crippen LogP) is 2.83. The maximum Gasteiger partial charge on any atom is 0.319 e. The van der Waals surface area contributed by atoms with E-state index in [0.717, 1.165) is 36.1 Å². The van der Waals surface area contributed by atoms with Crippen LogP contribution in [-0.4, -0.2) is 39.7 Å². The highest BCUT2D eigenvalue weighted by atomic mass is 32.2. The SMILES string of the molecule is Cc1sc2nc(CS[C@@H](C)C(=O)OCC(=O)NC3CCCC3)[nH]c(=O)c2c1C. The Kier molecular flexibility index (Phi) is 6.77. The molecule has 2 aromatic rings. The van der Waals surface area contributed by atoms with Crippen LogP contribution in [-0.2, 0) is 20.1 Å². The highest BCUT2D eigenvalue weighted by Gasteiger charge is 2.20. The van der Waals surface area contributed by atoms with Gasteiger partial charge < -0.3 is 15.0 Å². The molecule has 1 atom stereocenters. The normalized spacial score (nSPS) is 15.7. The molecule has 2 N–H and O–H groups in total. The van der Waals surface area contributed by atoms with Crippen LogP contribution in [0.3, 0.4) is 0 Å². The fourth-order valence-electron chi connectivity index (χ4n) is 3.23. The molecule has 0 spiro atoms. The number of amides is 1. The zero-order chi connectivity index (χ0) is 20.3. The standard InChI is InChI=1S/C19H25N3O4S2/c1-10-11(2)28-18-16(10)17(24)21-14(22-18)9-27-12(3)19(25)26-8-15(23)20-13-6-4-5-7-13/h12-13H,4-9H2,1-3H3,(H,20,23)(H,21,22,24)/t12-/m0/s1. The lowest BCUT2D eigenvalue weighted by Gasteiger charge is -2.13. The van der Waals surface area contributed by atoms with Crippen LogP contribution in [0.15, 0.2) is 4.79 Å². The molecule has 9 heteroatoms. The monoisotopic (exact) mass is 423 g/mol. The van der Waals surface area contributed by atoms with Gasteiger partial charge in [0.1, 0.15) is 15.9 Å². The number of thiophene rings is 1. The van der Waals surface area contributed by atoms with Gasteiger partial charge in [-0.25, -0.2) is 4.98 Å². The van der Waals surface area contributed by atoms with Crippen LogP contribution in [0, 0.1) is 13.8 Å². The van der Waals surface area contributed by atoms with E-state index < -0.39 is 11.2 Å². The number of thioether (sulfide) groups is 1. The van der Waals surface area contributed by atoms with Gasteiger partial charge in [-0.2, -0.15) is 0 Å². The number of hydrogen-bond donors (Lipinski definition) is 2. The molecule has 0 saturated heterocycles. The Morgan fingerprint density at radius 1 is 1.36 bits per heavy atom. The molecule has 1 fully saturated rings. The van der Waals surface area contributed by atoms with Crippen LogP contribution in [0.5, 0.6) is 0 Å². The molecular weight excluding hydrogens is 398 g/mol. The van der Waals surface area contributed by atoms with Crippen molar-refractivity contribution < 1.29 is 14.3 Å². The van der Waals surface area contributed by atoms with E-state index in [2.05, 4.69) is 15.3 Å². The first kappa shape index (κ1) is 20.9. The highest BCUT2D eigenvalue weighted by molar-refractivity contribution is 7.99. The largest absolute Gasteiger partial charge is 0.455 e. The van der Waals surface area contributed by atoms with E-state index in [4.69, 9.17) is 4.74 Å². The predicted molar refractivity (Wildman–Crippen MR) is 112 cm³/mol. The van der Waals surface area contributed by atoms with Crippen LogP contribution in [0.1, 0.15) is 48.9 Å². The van der Waals surface area contributed by atoms with Crippen LogP contribution in [0.25, 0.3) is 10.2 Å². The van der Waals surface area contributed by atoms with Crippen molar-refractivity contribution in [3.63, 3.8) is 0 Å². The Hall–Kier alpha value is -1.87. The Morgan fingerprint density at radius 2 is 2.07 bits per heavy atom. The van der Waals surface area contributed by atoms with Crippen LogP contribution >= 0.6 is 23.1 Å². The number of ether oxygens (including phenoxy) is 1. The van der Waals surface area contributed by atoms with E-state index in [1.54, 1.807) is 6.92 Å². The molecule has 1 amide bonds. The molecule has 0 unspecified atom stereocenters. The number of aromatic amines is 1. The summed E-state index contributed by atoms with van der Waals surface area (Å²) in [6.07, 6.45) is 4.24. The van der Waals surface area contributed by atoms with Gasteiger partial charge in [0, 0.05) is 10.9 Å². The second-order valence-electron chi connectivity index (χ2n) is 7.09.